The summed E-state index contributed by atoms with van der Waals surface area (Å²) < 4.78 is 42.8. The summed E-state index contributed by atoms with van der Waals surface area (Å²) in [6, 6.07) is 4.76. The molecule has 1 aliphatic heterocycles. The second kappa shape index (κ2) is 7.44. The number of methoxy groups -OCH3 is 1. The van der Waals surface area contributed by atoms with Crippen LogP contribution in [-0.4, -0.2) is 41.7 Å². The van der Waals surface area contributed by atoms with Crippen LogP contribution in [0.15, 0.2) is 23.1 Å². The van der Waals surface area contributed by atoms with Crippen molar-refractivity contribution >= 4 is 17.7 Å². The zero-order valence-corrected chi connectivity index (χ0v) is 13.4. The van der Waals surface area contributed by atoms with Crippen LogP contribution in [0.1, 0.15) is 18.4 Å². The van der Waals surface area contributed by atoms with Crippen molar-refractivity contribution in [3.8, 4) is 5.75 Å². The highest BCUT2D eigenvalue weighted by Crippen LogP contribution is 2.41. The lowest BCUT2D eigenvalue weighted by atomic mass is 9.97. The zero-order valence-electron chi connectivity index (χ0n) is 12.6. The Labute approximate surface area is 136 Å². The van der Waals surface area contributed by atoms with Crippen molar-refractivity contribution in [1.82, 2.24) is 4.90 Å². The van der Waals surface area contributed by atoms with E-state index in [1.807, 2.05) is 0 Å². The number of halogens is 3. The van der Waals surface area contributed by atoms with Gasteiger partial charge in [-0.15, -0.1) is 0 Å². The van der Waals surface area contributed by atoms with Crippen LogP contribution in [0.2, 0.25) is 0 Å². The van der Waals surface area contributed by atoms with E-state index in [2.05, 4.69) is 4.90 Å². The third-order valence-electron chi connectivity index (χ3n) is 3.80. The maximum atomic E-state index is 12.6. The minimum absolute atomic E-state index is 0.0397. The number of hydrogen-bond acceptors (Lipinski definition) is 4. The average molecular weight is 349 g/mol. The number of carbonyl (C=O) groups is 1. The van der Waals surface area contributed by atoms with E-state index in [1.165, 1.54) is 19.2 Å². The summed E-state index contributed by atoms with van der Waals surface area (Å²) in [5.41, 5.74) is -3.61. The molecule has 1 heterocycles. The Morgan fingerprint density at radius 2 is 2.04 bits per heavy atom. The summed E-state index contributed by atoms with van der Waals surface area (Å²) in [6.07, 6.45) is 1.13. The van der Waals surface area contributed by atoms with Crippen LogP contribution >= 0.6 is 11.8 Å². The minimum atomic E-state index is -4.37. The summed E-state index contributed by atoms with van der Waals surface area (Å²) in [6.45, 7) is 1.76. The first-order valence-corrected chi connectivity index (χ1v) is 7.98. The Morgan fingerprint density at radius 3 is 2.57 bits per heavy atom. The molecule has 4 nitrogen and oxygen atoms in total. The van der Waals surface area contributed by atoms with E-state index in [0.29, 0.717) is 32.5 Å². The number of thioether (sulfide) groups is 1. The normalized spacial score (nSPS) is 17.2. The molecule has 0 saturated carbocycles. The van der Waals surface area contributed by atoms with Gasteiger partial charge in [-0.2, -0.15) is 13.2 Å². The molecule has 1 aromatic carbocycles. The molecular formula is C15H18F3NO3S. The predicted octanol–water partition coefficient (Wildman–Crippen LogP) is 3.60. The maximum Gasteiger partial charge on any atom is 0.446 e. The molecule has 1 aromatic rings. The summed E-state index contributed by atoms with van der Waals surface area (Å²) >= 11 is -0.189. The molecule has 1 saturated heterocycles. The Balaban J connectivity index is 2.03. The van der Waals surface area contributed by atoms with E-state index in [0.717, 1.165) is 5.56 Å². The van der Waals surface area contributed by atoms with Crippen LogP contribution in [0.4, 0.5) is 13.2 Å². The number of alkyl halides is 3. The number of benzene rings is 1. The van der Waals surface area contributed by atoms with Crippen LogP contribution in [0.5, 0.6) is 5.75 Å². The van der Waals surface area contributed by atoms with Crippen LogP contribution in [0, 0.1) is 5.92 Å². The smallest absolute Gasteiger partial charge is 0.446 e. The van der Waals surface area contributed by atoms with Crippen LogP contribution in [0.25, 0.3) is 0 Å². The van der Waals surface area contributed by atoms with Crippen LogP contribution in [-0.2, 0) is 11.3 Å². The summed E-state index contributed by atoms with van der Waals surface area (Å²) in [5.74, 6) is -0.905. The molecule has 1 fully saturated rings. The fourth-order valence-electron chi connectivity index (χ4n) is 2.62. The number of carboxylic acids is 1. The predicted molar refractivity (Wildman–Crippen MR) is 80.5 cm³/mol. The second-order valence-corrected chi connectivity index (χ2v) is 6.53. The van der Waals surface area contributed by atoms with E-state index < -0.39 is 11.5 Å². The number of aliphatic carboxylic acids is 1. The average Bonchev–Trinajstić information content (AvgIpc) is 2.46. The topological polar surface area (TPSA) is 49.8 Å². The molecule has 0 bridgehead atoms. The van der Waals surface area contributed by atoms with Crippen molar-refractivity contribution in [3.05, 3.63) is 23.8 Å². The lowest BCUT2D eigenvalue weighted by molar-refractivity contribution is -0.143. The first kappa shape index (κ1) is 17.9. The number of hydrogen-bond donors (Lipinski definition) is 1. The fraction of sp³-hybridized carbons (Fsp3) is 0.533. The van der Waals surface area contributed by atoms with Crippen molar-refractivity contribution in [2.75, 3.05) is 20.2 Å². The van der Waals surface area contributed by atoms with Crippen LogP contribution in [0.3, 0.4) is 0 Å². The Bertz CT molecular complexity index is 557. The molecule has 0 spiro atoms. The van der Waals surface area contributed by atoms with Crippen molar-refractivity contribution in [2.45, 2.75) is 29.8 Å². The molecular weight excluding hydrogens is 331 g/mol. The van der Waals surface area contributed by atoms with Gasteiger partial charge in [0.25, 0.3) is 0 Å². The molecule has 128 valence electrons. The molecule has 8 heteroatoms. The maximum absolute atomic E-state index is 12.6. The van der Waals surface area contributed by atoms with E-state index in [4.69, 9.17) is 9.84 Å². The highest BCUT2D eigenvalue weighted by molar-refractivity contribution is 8.00. The molecule has 23 heavy (non-hydrogen) atoms. The highest BCUT2D eigenvalue weighted by atomic mass is 32.2. The molecule has 0 amide bonds. The van der Waals surface area contributed by atoms with Gasteiger partial charge in [-0.1, -0.05) is 6.07 Å². The van der Waals surface area contributed by atoms with Gasteiger partial charge in [0.2, 0.25) is 0 Å². The number of likely N-dealkylation sites (tertiary alicyclic amines) is 1. The molecule has 0 aromatic heterocycles. The molecule has 0 unspecified atom stereocenters. The monoisotopic (exact) mass is 349 g/mol. The standard InChI is InChI=1S/C15H18F3NO3S/c1-22-12-3-2-10(8-13(12)23-15(16,17)18)9-19-6-4-11(5-7-19)14(20)21/h2-3,8,11H,4-7,9H2,1H3,(H,20,21). The van der Waals surface area contributed by atoms with Crippen molar-refractivity contribution in [2.24, 2.45) is 5.92 Å². The zero-order chi connectivity index (χ0) is 17.0. The lowest BCUT2D eigenvalue weighted by Crippen LogP contribution is -2.35. The fourth-order valence-corrected chi connectivity index (χ4v) is 3.33. The van der Waals surface area contributed by atoms with Crippen molar-refractivity contribution in [1.29, 1.82) is 0 Å². The van der Waals surface area contributed by atoms with E-state index in [9.17, 15) is 18.0 Å². The lowest BCUT2D eigenvalue weighted by Gasteiger charge is -2.30. The third kappa shape index (κ3) is 5.31. The molecule has 0 atom stereocenters. The molecule has 1 aliphatic rings. The molecule has 2 rings (SSSR count). The Morgan fingerprint density at radius 1 is 1.39 bits per heavy atom. The number of piperidine rings is 1. The van der Waals surface area contributed by atoms with Gasteiger partial charge >= 0.3 is 11.5 Å². The third-order valence-corrected chi connectivity index (χ3v) is 4.57. The second-order valence-electron chi connectivity index (χ2n) is 5.42. The summed E-state index contributed by atoms with van der Waals surface area (Å²) in [7, 11) is 1.34. The van der Waals surface area contributed by atoms with Gasteiger partial charge in [0, 0.05) is 6.54 Å². The van der Waals surface area contributed by atoms with E-state index in [-0.39, 0.29) is 28.3 Å². The number of carboxylic acid groups (broad SMARTS) is 1. The largest absolute Gasteiger partial charge is 0.496 e. The van der Waals surface area contributed by atoms with Gasteiger partial charge in [0.1, 0.15) is 5.75 Å². The van der Waals surface area contributed by atoms with Crippen molar-refractivity contribution in [3.63, 3.8) is 0 Å². The van der Waals surface area contributed by atoms with Gasteiger partial charge in [-0.05, 0) is 55.4 Å². The minimum Gasteiger partial charge on any atom is -0.496 e. The highest BCUT2D eigenvalue weighted by Gasteiger charge is 2.31. The first-order chi connectivity index (χ1) is 10.8. The molecule has 0 aliphatic carbocycles. The van der Waals surface area contributed by atoms with E-state index in [1.54, 1.807) is 6.07 Å². The van der Waals surface area contributed by atoms with Gasteiger partial charge in [-0.25, -0.2) is 0 Å². The number of nitrogens with zero attached hydrogens (tertiary/aromatic N) is 1. The van der Waals surface area contributed by atoms with Crippen LogP contribution < -0.4 is 4.74 Å². The van der Waals surface area contributed by atoms with Crippen molar-refractivity contribution < 1.29 is 27.8 Å². The SMILES string of the molecule is COc1ccc(CN2CCC(C(=O)O)CC2)cc1SC(F)(F)F. The van der Waals surface area contributed by atoms with Gasteiger partial charge in [-0.3, -0.25) is 9.69 Å². The summed E-state index contributed by atoms with van der Waals surface area (Å²) in [4.78, 5) is 13.0. The summed E-state index contributed by atoms with van der Waals surface area (Å²) in [5, 5.41) is 8.97. The molecule has 0 radical (unpaired) electrons. The first-order valence-electron chi connectivity index (χ1n) is 7.16. The number of ether oxygens (including phenoxy) is 1. The van der Waals surface area contributed by atoms with Gasteiger partial charge in [0.05, 0.1) is 17.9 Å². The van der Waals surface area contributed by atoms with E-state index >= 15 is 0 Å². The Hall–Kier alpha value is -1.41. The van der Waals surface area contributed by atoms with Gasteiger partial charge < -0.3 is 9.84 Å². The number of rotatable bonds is 5. The van der Waals surface area contributed by atoms with Gasteiger partial charge in [0.15, 0.2) is 0 Å². The molecule has 1 N–H and O–H groups in total. The quantitative estimate of drug-likeness (QED) is 0.823. The Kier molecular flexibility index (Phi) is 5.80.